The fourth-order valence-corrected chi connectivity index (χ4v) is 5.69. The summed E-state index contributed by atoms with van der Waals surface area (Å²) in [6, 6.07) is 5.00. The lowest BCUT2D eigenvalue weighted by molar-refractivity contribution is 0.102. The Labute approximate surface area is 196 Å². The highest BCUT2D eigenvalue weighted by Crippen LogP contribution is 2.32. The lowest BCUT2D eigenvalue weighted by Crippen LogP contribution is -2.46. The highest BCUT2D eigenvalue weighted by molar-refractivity contribution is 7.89. The van der Waals surface area contributed by atoms with Gasteiger partial charge in [-0.15, -0.1) is 0 Å². The van der Waals surface area contributed by atoms with Gasteiger partial charge in [-0.05, 0) is 38.1 Å². The van der Waals surface area contributed by atoms with Crippen LogP contribution in [-0.4, -0.2) is 74.5 Å². The Morgan fingerprint density at radius 1 is 1.12 bits per heavy atom. The molecule has 3 rings (SSSR count). The third-order valence-electron chi connectivity index (χ3n) is 6.21. The molecule has 1 aromatic heterocycles. The van der Waals surface area contributed by atoms with Crippen LogP contribution in [0.1, 0.15) is 49.5 Å². The van der Waals surface area contributed by atoms with Crippen molar-refractivity contribution in [3.8, 4) is 0 Å². The maximum Gasteiger partial charge on any atom is 0.261 e. The molecule has 1 amide bonds. The van der Waals surface area contributed by atoms with Crippen molar-refractivity contribution in [3.05, 3.63) is 35.2 Å². The Bertz CT molecular complexity index is 1070. The number of likely N-dealkylation sites (N-methyl/N-ethyl adjacent to an activating group) is 1. The SMILES string of the molecule is CCc1noc(C)c1C(=O)Nc1cc(S(=O)(=O)N(CC)CC)ccc1N1CCN(CC)CC1. The van der Waals surface area contributed by atoms with Crippen molar-refractivity contribution in [3.63, 3.8) is 0 Å². The van der Waals surface area contributed by atoms with Crippen LogP contribution in [0.5, 0.6) is 0 Å². The van der Waals surface area contributed by atoms with E-state index in [0.717, 1.165) is 38.4 Å². The largest absolute Gasteiger partial charge is 0.367 e. The zero-order valence-corrected chi connectivity index (χ0v) is 21.0. The minimum Gasteiger partial charge on any atom is -0.367 e. The van der Waals surface area contributed by atoms with Gasteiger partial charge < -0.3 is 19.6 Å². The summed E-state index contributed by atoms with van der Waals surface area (Å²) < 4.78 is 32.9. The van der Waals surface area contributed by atoms with Gasteiger partial charge in [0.1, 0.15) is 11.3 Å². The summed E-state index contributed by atoms with van der Waals surface area (Å²) in [6.45, 7) is 14.5. The Kier molecular flexibility index (Phi) is 8.14. The molecule has 10 heteroatoms. The molecule has 0 bridgehead atoms. The molecule has 2 aromatic rings. The summed E-state index contributed by atoms with van der Waals surface area (Å²) >= 11 is 0. The third kappa shape index (κ3) is 5.23. The zero-order valence-electron chi connectivity index (χ0n) is 20.2. The predicted octanol–water partition coefficient (Wildman–Crippen LogP) is 2.97. The highest BCUT2D eigenvalue weighted by Gasteiger charge is 2.27. The molecule has 1 aliphatic heterocycles. The summed E-state index contributed by atoms with van der Waals surface area (Å²) in [5.41, 5.74) is 2.26. The Hall–Kier alpha value is -2.43. The van der Waals surface area contributed by atoms with Crippen LogP contribution < -0.4 is 10.2 Å². The van der Waals surface area contributed by atoms with Gasteiger partial charge in [0.15, 0.2) is 0 Å². The van der Waals surface area contributed by atoms with E-state index < -0.39 is 10.0 Å². The molecule has 2 heterocycles. The van der Waals surface area contributed by atoms with Crippen LogP contribution >= 0.6 is 0 Å². The topological polar surface area (TPSA) is 99.0 Å². The monoisotopic (exact) mass is 477 g/mol. The average molecular weight is 478 g/mol. The molecule has 0 atom stereocenters. The van der Waals surface area contributed by atoms with E-state index in [-0.39, 0.29) is 10.8 Å². The van der Waals surface area contributed by atoms with Crippen LogP contribution in [0.4, 0.5) is 11.4 Å². The molecular formula is C23H35N5O4S. The Morgan fingerprint density at radius 2 is 1.79 bits per heavy atom. The van der Waals surface area contributed by atoms with Crippen molar-refractivity contribution in [2.75, 3.05) is 56.0 Å². The molecule has 1 saturated heterocycles. The van der Waals surface area contributed by atoms with E-state index in [1.54, 1.807) is 25.1 Å². The van der Waals surface area contributed by atoms with E-state index in [9.17, 15) is 13.2 Å². The number of aryl methyl sites for hydroxylation is 2. The van der Waals surface area contributed by atoms with Crippen molar-refractivity contribution >= 4 is 27.3 Å². The zero-order chi connectivity index (χ0) is 24.2. The quantitative estimate of drug-likeness (QED) is 0.593. The van der Waals surface area contributed by atoms with Gasteiger partial charge in [-0.2, -0.15) is 4.31 Å². The van der Waals surface area contributed by atoms with E-state index >= 15 is 0 Å². The number of anilines is 2. The number of piperazine rings is 1. The predicted molar refractivity (Wildman–Crippen MR) is 129 cm³/mol. The maximum atomic E-state index is 13.2. The van der Waals surface area contributed by atoms with Crippen LogP contribution in [0.3, 0.4) is 0 Å². The number of benzene rings is 1. The van der Waals surface area contributed by atoms with E-state index in [4.69, 9.17) is 4.52 Å². The highest BCUT2D eigenvalue weighted by atomic mass is 32.2. The minimum atomic E-state index is -3.67. The first-order valence-corrected chi connectivity index (χ1v) is 13.1. The van der Waals surface area contributed by atoms with Crippen molar-refractivity contribution in [2.24, 2.45) is 0 Å². The first kappa shape index (κ1) is 25.2. The fourth-order valence-electron chi connectivity index (χ4n) is 4.20. The number of nitrogens with one attached hydrogen (secondary N) is 1. The molecule has 0 unspecified atom stereocenters. The van der Waals surface area contributed by atoms with Crippen LogP contribution in [0.15, 0.2) is 27.6 Å². The summed E-state index contributed by atoms with van der Waals surface area (Å²) in [4.78, 5) is 17.9. The standard InChI is InChI=1S/C23H35N5O4S/c1-6-19-22(17(5)32-25-19)23(29)24-20-16-18(33(30,31)28(8-3)9-4)10-11-21(20)27-14-12-26(7-2)13-15-27/h10-11,16H,6-9,12-15H2,1-5H3,(H,24,29). The van der Waals surface area contributed by atoms with E-state index in [1.807, 2.05) is 20.8 Å². The minimum absolute atomic E-state index is 0.162. The maximum absolute atomic E-state index is 13.2. The van der Waals surface area contributed by atoms with Crippen molar-refractivity contribution in [1.29, 1.82) is 0 Å². The molecule has 1 fully saturated rings. The summed E-state index contributed by atoms with van der Waals surface area (Å²) in [6.07, 6.45) is 0.558. The van der Waals surface area contributed by atoms with E-state index in [2.05, 4.69) is 27.2 Å². The lowest BCUT2D eigenvalue weighted by atomic mass is 10.1. The molecule has 1 aliphatic rings. The van der Waals surface area contributed by atoms with Gasteiger partial charge in [-0.1, -0.05) is 32.9 Å². The molecule has 182 valence electrons. The smallest absolute Gasteiger partial charge is 0.261 e. The van der Waals surface area contributed by atoms with Crippen molar-refractivity contribution in [2.45, 2.75) is 45.9 Å². The molecule has 0 radical (unpaired) electrons. The number of nitrogens with zero attached hydrogens (tertiary/aromatic N) is 4. The van der Waals surface area contributed by atoms with Gasteiger partial charge in [0.25, 0.3) is 5.91 Å². The number of sulfonamides is 1. The first-order valence-electron chi connectivity index (χ1n) is 11.6. The van der Waals surface area contributed by atoms with Gasteiger partial charge in [0, 0.05) is 39.3 Å². The third-order valence-corrected chi connectivity index (χ3v) is 8.26. The number of rotatable bonds is 9. The van der Waals surface area contributed by atoms with Gasteiger partial charge in [0.2, 0.25) is 10.0 Å². The molecule has 0 saturated carbocycles. The second-order valence-corrected chi connectivity index (χ2v) is 10.00. The van der Waals surface area contributed by atoms with Crippen LogP contribution in [0.25, 0.3) is 0 Å². The van der Waals surface area contributed by atoms with Crippen molar-refractivity contribution in [1.82, 2.24) is 14.4 Å². The van der Waals surface area contributed by atoms with E-state index in [1.165, 1.54) is 4.31 Å². The van der Waals surface area contributed by atoms with Gasteiger partial charge in [0.05, 0.1) is 22.0 Å². The second-order valence-electron chi connectivity index (χ2n) is 8.06. The number of aromatic nitrogens is 1. The molecule has 0 aliphatic carbocycles. The van der Waals surface area contributed by atoms with Gasteiger partial charge in [-0.3, -0.25) is 4.79 Å². The number of hydrogen-bond donors (Lipinski definition) is 1. The van der Waals surface area contributed by atoms with E-state index in [0.29, 0.717) is 42.2 Å². The van der Waals surface area contributed by atoms with Crippen LogP contribution in [0, 0.1) is 6.92 Å². The number of hydrogen-bond acceptors (Lipinski definition) is 7. The Morgan fingerprint density at radius 3 is 2.36 bits per heavy atom. The number of carbonyl (C=O) groups is 1. The summed E-state index contributed by atoms with van der Waals surface area (Å²) in [7, 11) is -3.67. The molecule has 1 aromatic carbocycles. The number of amides is 1. The normalized spacial score (nSPS) is 15.3. The molecule has 0 spiro atoms. The van der Waals surface area contributed by atoms with Crippen LogP contribution in [0.2, 0.25) is 0 Å². The van der Waals surface area contributed by atoms with Crippen molar-refractivity contribution < 1.29 is 17.7 Å². The summed E-state index contributed by atoms with van der Waals surface area (Å²) in [5, 5.41) is 6.94. The lowest BCUT2D eigenvalue weighted by Gasteiger charge is -2.36. The second kappa shape index (κ2) is 10.7. The Balaban J connectivity index is 2.01. The molecule has 33 heavy (non-hydrogen) atoms. The summed E-state index contributed by atoms with van der Waals surface area (Å²) in [5.74, 6) is 0.0887. The molecule has 1 N–H and O–H groups in total. The fraction of sp³-hybridized carbons (Fsp3) is 0.565. The number of carbonyl (C=O) groups excluding carboxylic acids is 1. The molecular weight excluding hydrogens is 442 g/mol. The first-order chi connectivity index (χ1) is 15.8. The van der Waals surface area contributed by atoms with Gasteiger partial charge in [-0.25, -0.2) is 8.42 Å². The van der Waals surface area contributed by atoms with Gasteiger partial charge >= 0.3 is 0 Å². The van der Waals surface area contributed by atoms with Crippen LogP contribution in [-0.2, 0) is 16.4 Å². The molecule has 9 nitrogen and oxygen atoms in total. The average Bonchev–Trinajstić information content (AvgIpc) is 3.20.